The zero-order valence-corrected chi connectivity index (χ0v) is 59.8. The first-order valence-electron chi connectivity index (χ1n) is 37.5. The summed E-state index contributed by atoms with van der Waals surface area (Å²) in [7, 11) is 0. The molecule has 0 aliphatic rings. The van der Waals surface area contributed by atoms with Crippen molar-refractivity contribution in [1.29, 1.82) is 0 Å². The van der Waals surface area contributed by atoms with Gasteiger partial charge in [-0.05, 0) is 131 Å². The highest BCUT2D eigenvalue weighted by atomic mass is 16.3. The number of furan rings is 1. The number of para-hydroxylation sites is 6. The van der Waals surface area contributed by atoms with E-state index in [1.807, 2.05) is 72.8 Å². The largest absolute Gasteiger partial charge is 0.456 e. The van der Waals surface area contributed by atoms with Gasteiger partial charge in [-0.3, -0.25) is 4.57 Å². The Labute approximate surface area is 636 Å². The molecule has 16 aromatic carbocycles. The topological polar surface area (TPSA) is 97.3 Å². The summed E-state index contributed by atoms with van der Waals surface area (Å²) in [6.45, 7) is 0. The lowest BCUT2D eigenvalue weighted by molar-refractivity contribution is 0.669. The van der Waals surface area contributed by atoms with Crippen molar-refractivity contribution in [2.45, 2.75) is 0 Å². The number of hydrogen-bond donors (Lipinski definition) is 0. The monoisotopic (exact) mass is 1420 g/mol. The molecule has 0 fully saturated rings. The molecule has 111 heavy (non-hydrogen) atoms. The van der Waals surface area contributed by atoms with Gasteiger partial charge in [-0.1, -0.05) is 273 Å². The highest BCUT2D eigenvalue weighted by Crippen LogP contribution is 2.46. The van der Waals surface area contributed by atoms with E-state index in [1.54, 1.807) is 0 Å². The van der Waals surface area contributed by atoms with Gasteiger partial charge in [0.2, 0.25) is 5.95 Å². The molecule has 0 aliphatic heterocycles. The van der Waals surface area contributed by atoms with Crippen molar-refractivity contribution in [1.82, 2.24) is 43.2 Å². The molecule has 0 saturated heterocycles. The SMILES string of the molecule is c1ccc(-c2ccc(-n3c4ccccc4c4ccc5c(c6ccccc6n5-c5ccc(-c6nc(-c7ccccc7)c7ccccc7n6)cc5)c43)cc2)cc1.c1ccc(-c2ccc(-n3c4ccccc4c4ccc5c(c6ccccc6n5-c5nc(-c6ccccc6)nc(-c6ccc7c(c6)oc6ccccc67)n5)c43)cc2)cc1. The van der Waals surface area contributed by atoms with Gasteiger partial charge in [0, 0.05) is 98.6 Å². The fourth-order valence-electron chi connectivity index (χ4n) is 16.9. The lowest BCUT2D eigenvalue weighted by Gasteiger charge is -2.12. The van der Waals surface area contributed by atoms with Crippen LogP contribution in [0, 0.1) is 0 Å². The third kappa shape index (κ3) is 10.4. The second-order valence-electron chi connectivity index (χ2n) is 28.2. The molecule has 0 amide bonds. The Kier molecular flexibility index (Phi) is 14.7. The molecule has 10 nitrogen and oxygen atoms in total. The average Bonchev–Trinajstić information content (AvgIpc) is 1.55. The van der Waals surface area contributed by atoms with Gasteiger partial charge in [-0.25, -0.2) is 15.0 Å². The zero-order valence-electron chi connectivity index (χ0n) is 59.8. The minimum atomic E-state index is 0.545. The highest BCUT2D eigenvalue weighted by molar-refractivity contribution is 6.28. The third-order valence-corrected chi connectivity index (χ3v) is 21.9. The molecular formula is C101H63N9O. The van der Waals surface area contributed by atoms with E-state index in [1.165, 1.54) is 65.6 Å². The highest BCUT2D eigenvalue weighted by Gasteiger charge is 2.26. The van der Waals surface area contributed by atoms with Crippen molar-refractivity contribution < 1.29 is 4.42 Å². The van der Waals surface area contributed by atoms with Crippen LogP contribution in [-0.4, -0.2) is 43.2 Å². The smallest absolute Gasteiger partial charge is 0.238 e. The van der Waals surface area contributed by atoms with Crippen LogP contribution in [0.2, 0.25) is 0 Å². The zero-order chi connectivity index (χ0) is 73.0. The van der Waals surface area contributed by atoms with Crippen LogP contribution in [0.1, 0.15) is 0 Å². The van der Waals surface area contributed by atoms with Crippen molar-refractivity contribution in [2.75, 3.05) is 0 Å². The van der Waals surface area contributed by atoms with Gasteiger partial charge in [0.05, 0.1) is 55.3 Å². The van der Waals surface area contributed by atoms with E-state index < -0.39 is 0 Å². The van der Waals surface area contributed by atoms with E-state index in [0.29, 0.717) is 23.4 Å². The Hall–Kier alpha value is -15.1. The quantitative estimate of drug-likeness (QED) is 0.135. The minimum Gasteiger partial charge on any atom is -0.456 e. The Morgan fingerprint density at radius 3 is 1.11 bits per heavy atom. The number of benzene rings is 16. The Morgan fingerprint density at radius 2 is 0.559 bits per heavy atom. The van der Waals surface area contributed by atoms with Crippen LogP contribution in [0.15, 0.2) is 387 Å². The molecule has 23 aromatic rings. The maximum absolute atomic E-state index is 6.31. The Balaban J connectivity index is 0.000000137. The summed E-state index contributed by atoms with van der Waals surface area (Å²) < 4.78 is 15.8. The lowest BCUT2D eigenvalue weighted by Crippen LogP contribution is -2.06. The van der Waals surface area contributed by atoms with Crippen LogP contribution in [0.4, 0.5) is 0 Å². The first kappa shape index (κ1) is 63.2. The summed E-state index contributed by atoms with van der Waals surface area (Å²) in [5.41, 5.74) is 24.5. The molecule has 10 heteroatoms. The molecule has 0 N–H and O–H groups in total. The number of nitrogens with zero attached hydrogens (tertiary/aromatic N) is 9. The molecule has 0 radical (unpaired) electrons. The van der Waals surface area contributed by atoms with Gasteiger partial charge in [0.15, 0.2) is 17.5 Å². The number of aromatic nitrogens is 9. The second kappa shape index (κ2) is 25.8. The summed E-state index contributed by atoms with van der Waals surface area (Å²) in [4.78, 5) is 25.7. The van der Waals surface area contributed by atoms with Crippen LogP contribution < -0.4 is 0 Å². The fraction of sp³-hybridized carbons (Fsp3) is 0. The maximum Gasteiger partial charge on any atom is 0.238 e. The number of hydrogen-bond acceptors (Lipinski definition) is 6. The van der Waals surface area contributed by atoms with E-state index in [2.05, 4.69) is 328 Å². The van der Waals surface area contributed by atoms with Gasteiger partial charge in [-0.15, -0.1) is 0 Å². The molecular weight excluding hydrogens is 1360 g/mol. The molecule has 0 aliphatic carbocycles. The maximum atomic E-state index is 6.31. The summed E-state index contributed by atoms with van der Waals surface area (Å²) in [5.74, 6) is 2.43. The number of fused-ring (bicyclic) bond motifs is 18. The predicted octanol–water partition coefficient (Wildman–Crippen LogP) is 25.8. The molecule has 7 heterocycles. The molecule has 23 rings (SSSR count). The van der Waals surface area contributed by atoms with Crippen LogP contribution in [-0.2, 0) is 0 Å². The van der Waals surface area contributed by atoms with Gasteiger partial charge >= 0.3 is 0 Å². The minimum absolute atomic E-state index is 0.545. The van der Waals surface area contributed by atoms with Crippen molar-refractivity contribution in [3.05, 3.63) is 382 Å². The van der Waals surface area contributed by atoms with E-state index in [4.69, 9.17) is 29.3 Å². The third-order valence-electron chi connectivity index (χ3n) is 21.9. The second-order valence-corrected chi connectivity index (χ2v) is 28.2. The predicted molar refractivity (Wildman–Crippen MR) is 457 cm³/mol. The van der Waals surface area contributed by atoms with Gasteiger partial charge in [0.1, 0.15) is 11.2 Å². The molecule has 0 spiro atoms. The molecule has 0 saturated carbocycles. The number of rotatable bonds is 10. The fourth-order valence-corrected chi connectivity index (χ4v) is 16.9. The normalized spacial score (nSPS) is 11.8. The van der Waals surface area contributed by atoms with Gasteiger partial charge in [-0.2, -0.15) is 9.97 Å². The van der Waals surface area contributed by atoms with Gasteiger partial charge in [0.25, 0.3) is 0 Å². The Morgan fingerprint density at radius 1 is 0.198 bits per heavy atom. The lowest BCUT2D eigenvalue weighted by atomic mass is 10.1. The van der Waals surface area contributed by atoms with Crippen molar-refractivity contribution >= 4 is 120 Å². The molecule has 0 bridgehead atoms. The molecule has 7 aromatic heterocycles. The van der Waals surface area contributed by atoms with Crippen LogP contribution in [0.5, 0.6) is 0 Å². The van der Waals surface area contributed by atoms with Crippen LogP contribution in [0.3, 0.4) is 0 Å². The van der Waals surface area contributed by atoms with Crippen LogP contribution >= 0.6 is 0 Å². The molecule has 0 atom stereocenters. The van der Waals surface area contributed by atoms with E-state index in [-0.39, 0.29) is 0 Å². The summed E-state index contributed by atoms with van der Waals surface area (Å²) in [6.07, 6.45) is 0. The van der Waals surface area contributed by atoms with Crippen LogP contribution in [0.25, 0.3) is 211 Å². The van der Waals surface area contributed by atoms with Crippen molar-refractivity contribution in [2.24, 2.45) is 0 Å². The summed E-state index contributed by atoms with van der Waals surface area (Å²) in [5, 5.41) is 12.8. The van der Waals surface area contributed by atoms with E-state index in [9.17, 15) is 0 Å². The standard InChI is InChI=1S/C51H31N5O.C50H32N4/c1-3-13-32(14-4-1)33-23-26-36(27-24-33)55-42-20-10-7-17-37(42)40-29-30-44-47(48(40)55)41-19-8-11-21-43(41)56(44)51-53-49(34-15-5-2-6-16-34)52-50(54-51)35-25-28-39-38-18-9-12-22-45(38)57-46(39)31-35;1-3-13-33(14-4-1)34-23-27-38(28-24-34)54-44-21-11-8-17-39(44)40-31-32-46-47(49(40)54)42-19-9-12-22-45(42)53(46)37-29-25-36(26-30-37)50-51-43-20-10-7-18-41(43)48(52-50)35-15-5-2-6-16-35/h1-31H;1-32H. The average molecular weight is 1420 g/mol. The van der Waals surface area contributed by atoms with Crippen molar-refractivity contribution in [3.63, 3.8) is 0 Å². The molecule has 518 valence electrons. The van der Waals surface area contributed by atoms with Gasteiger partial charge < -0.3 is 18.1 Å². The van der Waals surface area contributed by atoms with Crippen molar-refractivity contribution in [3.8, 4) is 90.7 Å². The first-order valence-corrected chi connectivity index (χ1v) is 37.5. The van der Waals surface area contributed by atoms with E-state index >= 15 is 0 Å². The Bertz CT molecular complexity index is 7590. The summed E-state index contributed by atoms with van der Waals surface area (Å²) >= 11 is 0. The van der Waals surface area contributed by atoms with E-state index in [0.717, 1.165) is 122 Å². The first-order chi connectivity index (χ1) is 55.1. The molecule has 0 unspecified atom stereocenters. The summed E-state index contributed by atoms with van der Waals surface area (Å²) in [6, 6.07) is 135.